The van der Waals surface area contributed by atoms with Crippen molar-refractivity contribution in [3.8, 4) is 147 Å². The summed E-state index contributed by atoms with van der Waals surface area (Å²) in [6.45, 7) is 0. The molecule has 664 valence electrons. The van der Waals surface area contributed by atoms with E-state index in [1.54, 1.807) is 0 Å². The molecule has 0 unspecified atom stereocenters. The molecule has 12 heteroatoms. The van der Waals surface area contributed by atoms with E-state index in [2.05, 4.69) is 315 Å². The van der Waals surface area contributed by atoms with Crippen LogP contribution in [0.5, 0.6) is 0 Å². The SMILES string of the molecule is c1ccc(-c2nc(-c3ccc(-c4cccc5c4ccc4c6ccccc6oc54)cc3)nc(-c3ccc4c(c3)C(c3ccccc3)(c3ccccc3)c3ccccc3-4)n2)cc1.c1ccc(-c2nc(-c3ccccc3)nc(-c3ccc(-c4ccc5ccc6c7ccccc7oc6c5c4)cc3)n2)cc1.c1ccc(-c2nc(-c3ccccc3)nc(-c3cccc(-c4ccc5ccc6c7ccccc7oc6c5c4)c3)n2)cc1. The molecule has 0 radical (unpaired) electrons. The summed E-state index contributed by atoms with van der Waals surface area (Å²) < 4.78 is 19.0. The van der Waals surface area contributed by atoms with E-state index in [4.69, 9.17) is 58.1 Å². The lowest BCUT2D eigenvalue weighted by molar-refractivity contribution is 0.672. The average molecular weight is 1820 g/mol. The first kappa shape index (κ1) is 83.4. The standard InChI is InChI=1S/C56H35N3O.2C37H23N3O/c1-4-15-37(16-5-1)53-57-54(38-29-27-36(28-30-38)42-23-14-24-47-43(42)33-34-48-46-22-11-13-26-51(46)60-52(47)48)59-55(58-53)39-31-32-45-44-21-10-12-25-49(44)56(50(45)35-39,40-17-6-2-7-18-40)41-19-8-3-9-20-41;1-3-10-25(11-4-1)35-38-36(26-12-5-2-6-13-26)40-37(39-35)29-15-9-14-27(22-29)28-19-18-24-20-21-31-30-16-7-8-17-33(30)41-34(31)32(24)23-28;1-3-9-26(10-4-1)35-38-36(27-11-5-2-6-12-27)40-37(39-35)28-18-15-24(16-19-28)29-20-17-25-21-22-31-30-13-7-8-14-33(30)41-34(31)32(25)23-29/h1-35H;2*1-23H. The summed E-state index contributed by atoms with van der Waals surface area (Å²) in [5.74, 6) is 5.77. The van der Waals surface area contributed by atoms with Crippen molar-refractivity contribution in [1.82, 2.24) is 44.9 Å². The van der Waals surface area contributed by atoms with Crippen LogP contribution in [-0.2, 0) is 5.41 Å². The van der Waals surface area contributed by atoms with E-state index in [9.17, 15) is 0 Å². The van der Waals surface area contributed by atoms with Gasteiger partial charge in [-0.3, -0.25) is 0 Å². The number of para-hydroxylation sites is 3. The third-order valence-corrected chi connectivity index (χ3v) is 27.3. The summed E-state index contributed by atoms with van der Waals surface area (Å²) in [6.07, 6.45) is 0. The zero-order valence-corrected chi connectivity index (χ0v) is 76.5. The van der Waals surface area contributed by atoms with Crippen LogP contribution in [0.2, 0.25) is 0 Å². The molecule has 1 aliphatic rings. The van der Waals surface area contributed by atoms with Gasteiger partial charge in [0.05, 0.1) is 5.41 Å². The van der Waals surface area contributed by atoms with Crippen LogP contribution in [0.3, 0.4) is 0 Å². The fourth-order valence-corrected chi connectivity index (χ4v) is 20.4. The second-order valence-electron chi connectivity index (χ2n) is 35.7. The first-order valence-corrected chi connectivity index (χ1v) is 47.6. The van der Waals surface area contributed by atoms with Gasteiger partial charge in [-0.05, 0) is 144 Å². The highest BCUT2D eigenvalue weighted by Crippen LogP contribution is 2.57. The highest BCUT2D eigenvalue weighted by molar-refractivity contribution is 6.19. The van der Waals surface area contributed by atoms with Crippen LogP contribution in [0, 0.1) is 0 Å². The van der Waals surface area contributed by atoms with Gasteiger partial charge in [-0.1, -0.05) is 431 Å². The minimum absolute atomic E-state index is 0.532. The number of benzene rings is 21. The Hall–Kier alpha value is -19.2. The smallest absolute Gasteiger partial charge is 0.164 e. The number of hydrogen-bond acceptors (Lipinski definition) is 12. The van der Waals surface area contributed by atoms with Gasteiger partial charge in [0.25, 0.3) is 0 Å². The normalized spacial score (nSPS) is 12.0. The maximum Gasteiger partial charge on any atom is 0.164 e. The molecular weight excluding hydrogens is 1740 g/mol. The van der Waals surface area contributed by atoms with E-state index in [0.29, 0.717) is 52.4 Å². The Bertz CT molecular complexity index is 9360. The summed E-state index contributed by atoms with van der Waals surface area (Å²) in [7, 11) is 0. The van der Waals surface area contributed by atoms with E-state index in [-0.39, 0.29) is 0 Å². The maximum atomic E-state index is 6.40. The van der Waals surface area contributed by atoms with Crippen molar-refractivity contribution in [2.24, 2.45) is 0 Å². The number of nitrogens with zero attached hydrogens (tertiary/aromatic N) is 9. The Morgan fingerprint density at radius 3 is 0.838 bits per heavy atom. The Kier molecular flexibility index (Phi) is 20.9. The third kappa shape index (κ3) is 15.1. The van der Waals surface area contributed by atoms with Gasteiger partial charge in [-0.25, -0.2) is 44.9 Å². The molecule has 0 amide bonds. The number of fused-ring (bicyclic) bond motifs is 18. The lowest BCUT2D eigenvalue weighted by atomic mass is 9.67. The molecule has 6 aromatic heterocycles. The predicted octanol–water partition coefficient (Wildman–Crippen LogP) is 33.1. The Morgan fingerprint density at radius 2 is 0.401 bits per heavy atom. The van der Waals surface area contributed by atoms with Crippen LogP contribution < -0.4 is 0 Å². The molecule has 142 heavy (non-hydrogen) atoms. The summed E-state index contributed by atoms with van der Waals surface area (Å²) in [6, 6.07) is 170. The Balaban J connectivity index is 0.000000112. The van der Waals surface area contributed by atoms with Gasteiger partial charge in [0.1, 0.15) is 33.5 Å². The summed E-state index contributed by atoms with van der Waals surface area (Å²) in [4.78, 5) is 44.7. The molecule has 0 atom stereocenters. The second-order valence-corrected chi connectivity index (χ2v) is 35.7. The Labute approximate surface area is 816 Å². The number of furan rings is 3. The van der Waals surface area contributed by atoms with Crippen LogP contribution in [0.15, 0.2) is 505 Å². The Morgan fingerprint density at radius 1 is 0.141 bits per heavy atom. The molecule has 12 nitrogen and oxygen atoms in total. The van der Waals surface area contributed by atoms with Crippen molar-refractivity contribution < 1.29 is 13.3 Å². The van der Waals surface area contributed by atoms with Crippen molar-refractivity contribution >= 4 is 98.1 Å². The quantitative estimate of drug-likeness (QED) is 0.102. The molecule has 0 fully saturated rings. The molecule has 28 rings (SSSR count). The first-order chi connectivity index (χ1) is 70.3. The molecular formula is C130H81N9O3. The van der Waals surface area contributed by atoms with Crippen molar-refractivity contribution in [1.29, 1.82) is 0 Å². The summed E-state index contributed by atoms with van der Waals surface area (Å²) in [5, 5.41) is 13.6. The van der Waals surface area contributed by atoms with E-state index >= 15 is 0 Å². The average Bonchev–Trinajstić information content (AvgIpc) is 1.53. The molecule has 0 bridgehead atoms. The van der Waals surface area contributed by atoms with Crippen molar-refractivity contribution in [3.63, 3.8) is 0 Å². The monoisotopic (exact) mass is 1820 g/mol. The van der Waals surface area contributed by atoms with Gasteiger partial charge in [0, 0.05) is 98.5 Å². The van der Waals surface area contributed by atoms with E-state index in [0.717, 1.165) is 182 Å². The number of hydrogen-bond donors (Lipinski definition) is 0. The molecule has 0 aliphatic heterocycles. The predicted molar refractivity (Wildman–Crippen MR) is 576 cm³/mol. The molecule has 0 spiro atoms. The fourth-order valence-electron chi connectivity index (χ4n) is 20.4. The maximum absolute atomic E-state index is 6.40. The lowest BCUT2D eigenvalue weighted by Gasteiger charge is -2.34. The molecule has 0 N–H and O–H groups in total. The lowest BCUT2D eigenvalue weighted by Crippen LogP contribution is -2.28. The van der Waals surface area contributed by atoms with Gasteiger partial charge in [0.2, 0.25) is 0 Å². The minimum atomic E-state index is -0.532. The zero-order chi connectivity index (χ0) is 94.0. The summed E-state index contributed by atoms with van der Waals surface area (Å²) in [5.41, 5.74) is 27.4. The van der Waals surface area contributed by atoms with Crippen molar-refractivity contribution in [2.45, 2.75) is 5.41 Å². The third-order valence-electron chi connectivity index (χ3n) is 27.3. The van der Waals surface area contributed by atoms with E-state index in [1.807, 2.05) is 176 Å². The van der Waals surface area contributed by atoms with Crippen molar-refractivity contribution in [3.05, 3.63) is 514 Å². The highest BCUT2D eigenvalue weighted by Gasteiger charge is 2.46. The van der Waals surface area contributed by atoms with E-state index < -0.39 is 5.41 Å². The van der Waals surface area contributed by atoms with Crippen LogP contribution >= 0.6 is 0 Å². The number of aromatic nitrogens is 9. The largest absolute Gasteiger partial charge is 0.455 e. The van der Waals surface area contributed by atoms with Gasteiger partial charge >= 0.3 is 0 Å². The molecule has 0 saturated carbocycles. The molecule has 27 aromatic rings. The van der Waals surface area contributed by atoms with Crippen LogP contribution in [0.1, 0.15) is 22.3 Å². The van der Waals surface area contributed by atoms with Crippen molar-refractivity contribution in [2.75, 3.05) is 0 Å². The van der Waals surface area contributed by atoms with Gasteiger partial charge in [0.15, 0.2) is 52.4 Å². The topological polar surface area (TPSA) is 155 Å². The zero-order valence-electron chi connectivity index (χ0n) is 76.5. The molecule has 0 saturated heterocycles. The molecule has 1 aliphatic carbocycles. The molecule has 21 aromatic carbocycles. The highest BCUT2D eigenvalue weighted by atomic mass is 16.3. The second kappa shape index (κ2) is 35.5. The molecule has 6 heterocycles. The first-order valence-electron chi connectivity index (χ1n) is 47.6. The van der Waals surface area contributed by atoms with Gasteiger partial charge in [-0.2, -0.15) is 0 Å². The van der Waals surface area contributed by atoms with Crippen LogP contribution in [0.4, 0.5) is 0 Å². The van der Waals surface area contributed by atoms with E-state index in [1.165, 1.54) is 33.4 Å². The van der Waals surface area contributed by atoms with Gasteiger partial charge < -0.3 is 13.3 Å². The summed E-state index contributed by atoms with van der Waals surface area (Å²) >= 11 is 0. The van der Waals surface area contributed by atoms with Gasteiger partial charge in [-0.15, -0.1) is 0 Å². The fraction of sp³-hybridized carbons (Fsp3) is 0.00769. The minimum Gasteiger partial charge on any atom is -0.455 e. The van der Waals surface area contributed by atoms with Crippen LogP contribution in [0.25, 0.3) is 245 Å². The van der Waals surface area contributed by atoms with Crippen LogP contribution in [-0.4, -0.2) is 44.9 Å². The number of rotatable bonds is 14.